The number of hydrogen-bond donors (Lipinski definition) is 0. The lowest BCUT2D eigenvalue weighted by molar-refractivity contribution is -0.167. The molecule has 0 N–H and O–H groups in total. The van der Waals surface area contributed by atoms with Crippen molar-refractivity contribution in [2.45, 2.75) is 258 Å². The van der Waals surface area contributed by atoms with Gasteiger partial charge >= 0.3 is 17.9 Å². The first-order valence-electron chi connectivity index (χ1n) is 25.8. The van der Waals surface area contributed by atoms with E-state index in [1.807, 2.05) is 0 Å². The summed E-state index contributed by atoms with van der Waals surface area (Å²) in [5.41, 5.74) is 0. The third kappa shape index (κ3) is 48.0. The van der Waals surface area contributed by atoms with Crippen molar-refractivity contribution in [3.8, 4) is 0 Å². The molecule has 0 saturated heterocycles. The smallest absolute Gasteiger partial charge is 0.306 e. The summed E-state index contributed by atoms with van der Waals surface area (Å²) in [5, 5.41) is 0. The van der Waals surface area contributed by atoms with Crippen LogP contribution in [0.1, 0.15) is 252 Å². The highest BCUT2D eigenvalue weighted by atomic mass is 16.6. The molecule has 0 spiro atoms. The van der Waals surface area contributed by atoms with E-state index < -0.39 is 6.10 Å². The zero-order valence-corrected chi connectivity index (χ0v) is 40.2. The van der Waals surface area contributed by atoms with Crippen molar-refractivity contribution in [2.75, 3.05) is 13.2 Å². The van der Waals surface area contributed by atoms with Crippen LogP contribution >= 0.6 is 0 Å². The van der Waals surface area contributed by atoms with Crippen molar-refractivity contribution >= 4 is 17.9 Å². The molecule has 0 aromatic heterocycles. The van der Waals surface area contributed by atoms with Gasteiger partial charge in [0, 0.05) is 19.3 Å². The largest absolute Gasteiger partial charge is 0.462 e. The number of carbonyl (C=O) groups excluding carboxylic acids is 3. The Morgan fingerprint density at radius 3 is 1.10 bits per heavy atom. The first kappa shape index (κ1) is 58.1. The van der Waals surface area contributed by atoms with Crippen LogP contribution in [0.15, 0.2) is 60.8 Å². The lowest BCUT2D eigenvalue weighted by Gasteiger charge is -2.18. The Morgan fingerprint density at radius 1 is 0.344 bits per heavy atom. The number of esters is 3. The summed E-state index contributed by atoms with van der Waals surface area (Å²) < 4.78 is 16.7. The molecule has 0 heterocycles. The van der Waals surface area contributed by atoms with E-state index in [-0.39, 0.29) is 37.5 Å². The Labute approximate surface area is 377 Å². The molecule has 0 amide bonds. The minimum Gasteiger partial charge on any atom is -0.462 e. The summed E-state index contributed by atoms with van der Waals surface area (Å²) in [7, 11) is 0. The maximum absolute atomic E-state index is 12.8. The minimum atomic E-state index is -0.798. The second-order valence-corrected chi connectivity index (χ2v) is 17.1. The van der Waals surface area contributed by atoms with Crippen LogP contribution in [0.4, 0.5) is 0 Å². The van der Waals surface area contributed by atoms with Crippen molar-refractivity contribution in [1.29, 1.82) is 0 Å². The Hall–Kier alpha value is -2.89. The topological polar surface area (TPSA) is 78.9 Å². The van der Waals surface area contributed by atoms with E-state index in [1.165, 1.54) is 122 Å². The van der Waals surface area contributed by atoms with E-state index in [2.05, 4.69) is 81.5 Å². The summed E-state index contributed by atoms with van der Waals surface area (Å²) in [4.78, 5) is 37.8. The second-order valence-electron chi connectivity index (χ2n) is 17.1. The molecule has 0 fully saturated rings. The van der Waals surface area contributed by atoms with Gasteiger partial charge in [0.2, 0.25) is 0 Å². The van der Waals surface area contributed by atoms with E-state index in [1.54, 1.807) is 0 Å². The molecule has 6 heteroatoms. The SMILES string of the molecule is CC/C=C\C/C=C\C/C=C\C/C=C\CCCCCC(=O)OC(COC(=O)CCC/C=C\CCCCCC)COC(=O)CCCCCCCCCCCCCCCCCCCC. The van der Waals surface area contributed by atoms with Gasteiger partial charge in [-0.25, -0.2) is 0 Å². The average molecular weight is 853 g/mol. The van der Waals surface area contributed by atoms with Crippen molar-refractivity contribution in [1.82, 2.24) is 0 Å². The van der Waals surface area contributed by atoms with Crippen molar-refractivity contribution < 1.29 is 28.6 Å². The van der Waals surface area contributed by atoms with E-state index in [0.29, 0.717) is 19.3 Å². The van der Waals surface area contributed by atoms with Crippen molar-refractivity contribution in [3.63, 3.8) is 0 Å². The van der Waals surface area contributed by atoms with Gasteiger partial charge in [0.1, 0.15) is 13.2 Å². The molecule has 0 bridgehead atoms. The van der Waals surface area contributed by atoms with Gasteiger partial charge in [-0.15, -0.1) is 0 Å². The number of hydrogen-bond acceptors (Lipinski definition) is 6. The number of ether oxygens (including phenoxy) is 3. The standard InChI is InChI=1S/C55H96O6/c1-4-7-10-13-16-19-21-23-25-27-28-30-31-33-36-39-42-45-48-54(57)60-51-52(50-59-53(56)47-44-41-38-35-18-15-12-9-6-3)61-55(58)49-46-43-40-37-34-32-29-26-24-22-20-17-14-11-8-5-2/h8,11,17,20,24,26,32,34-35,38,52H,4-7,9-10,12-16,18-19,21-23,25,27-31,33,36-37,39-51H2,1-3H3/b11-8-,20-17-,26-24-,34-32-,38-35-. The van der Waals surface area contributed by atoms with Crippen LogP contribution in [-0.2, 0) is 28.6 Å². The van der Waals surface area contributed by atoms with Gasteiger partial charge in [0.15, 0.2) is 6.10 Å². The van der Waals surface area contributed by atoms with Crippen LogP contribution in [0.5, 0.6) is 0 Å². The van der Waals surface area contributed by atoms with E-state index in [9.17, 15) is 14.4 Å². The van der Waals surface area contributed by atoms with Gasteiger partial charge in [0.05, 0.1) is 0 Å². The second kappa shape index (κ2) is 49.8. The Balaban J connectivity index is 4.36. The maximum atomic E-state index is 12.8. The number of allylic oxidation sites excluding steroid dienone is 10. The van der Waals surface area contributed by atoms with Gasteiger partial charge in [-0.1, -0.05) is 216 Å². The van der Waals surface area contributed by atoms with Gasteiger partial charge in [-0.3, -0.25) is 14.4 Å². The molecule has 0 rings (SSSR count). The molecule has 0 aliphatic rings. The van der Waals surface area contributed by atoms with Crippen LogP contribution in [0.3, 0.4) is 0 Å². The normalized spacial score (nSPS) is 12.5. The summed E-state index contributed by atoms with van der Waals surface area (Å²) in [6.45, 7) is 6.45. The monoisotopic (exact) mass is 853 g/mol. The van der Waals surface area contributed by atoms with Crippen LogP contribution in [0, 0.1) is 0 Å². The molecular weight excluding hydrogens is 757 g/mol. The Kier molecular flexibility index (Phi) is 47.4. The van der Waals surface area contributed by atoms with Crippen LogP contribution in [0.2, 0.25) is 0 Å². The predicted octanol–water partition coefficient (Wildman–Crippen LogP) is 16.9. The molecule has 352 valence electrons. The maximum Gasteiger partial charge on any atom is 0.306 e. The molecule has 6 nitrogen and oxygen atoms in total. The molecule has 0 aromatic rings. The third-order valence-corrected chi connectivity index (χ3v) is 11.0. The molecule has 1 atom stereocenters. The van der Waals surface area contributed by atoms with Crippen LogP contribution in [-0.4, -0.2) is 37.2 Å². The highest BCUT2D eigenvalue weighted by molar-refractivity contribution is 5.71. The molecule has 0 aliphatic carbocycles. The predicted molar refractivity (Wildman–Crippen MR) is 261 cm³/mol. The highest BCUT2D eigenvalue weighted by Crippen LogP contribution is 2.15. The fourth-order valence-electron chi connectivity index (χ4n) is 7.14. The van der Waals surface area contributed by atoms with Gasteiger partial charge in [-0.05, 0) is 77.0 Å². The molecule has 61 heavy (non-hydrogen) atoms. The fourth-order valence-corrected chi connectivity index (χ4v) is 7.14. The molecule has 0 saturated carbocycles. The summed E-state index contributed by atoms with van der Waals surface area (Å²) >= 11 is 0. The van der Waals surface area contributed by atoms with E-state index >= 15 is 0 Å². The average Bonchev–Trinajstić information content (AvgIpc) is 3.26. The molecule has 1 unspecified atom stereocenters. The lowest BCUT2D eigenvalue weighted by Crippen LogP contribution is -2.30. The molecule has 0 radical (unpaired) electrons. The summed E-state index contributed by atoms with van der Waals surface area (Å²) in [5.74, 6) is -0.958. The zero-order chi connectivity index (χ0) is 44.4. The molecule has 0 aromatic carbocycles. The van der Waals surface area contributed by atoms with Gasteiger partial charge in [-0.2, -0.15) is 0 Å². The highest BCUT2D eigenvalue weighted by Gasteiger charge is 2.19. The van der Waals surface area contributed by atoms with Gasteiger partial charge in [0.25, 0.3) is 0 Å². The number of rotatable bonds is 46. The summed E-state index contributed by atoms with van der Waals surface area (Å²) in [6.07, 6.45) is 60.8. The quantitative estimate of drug-likeness (QED) is 0.0263. The first-order valence-corrected chi connectivity index (χ1v) is 25.8. The fraction of sp³-hybridized carbons (Fsp3) is 0.764. The Bertz CT molecular complexity index is 1120. The first-order chi connectivity index (χ1) is 30.0. The summed E-state index contributed by atoms with van der Waals surface area (Å²) in [6, 6.07) is 0. The zero-order valence-electron chi connectivity index (χ0n) is 40.2. The molecular formula is C55H96O6. The third-order valence-electron chi connectivity index (χ3n) is 11.0. The van der Waals surface area contributed by atoms with Crippen LogP contribution < -0.4 is 0 Å². The van der Waals surface area contributed by atoms with Crippen molar-refractivity contribution in [3.05, 3.63) is 60.8 Å². The van der Waals surface area contributed by atoms with Crippen molar-refractivity contribution in [2.24, 2.45) is 0 Å². The number of carbonyl (C=O) groups is 3. The number of unbranched alkanes of at least 4 members (excludes halogenated alkanes) is 25. The van der Waals surface area contributed by atoms with E-state index in [0.717, 1.165) is 83.5 Å². The van der Waals surface area contributed by atoms with E-state index in [4.69, 9.17) is 14.2 Å². The minimum absolute atomic E-state index is 0.0937. The van der Waals surface area contributed by atoms with Crippen LogP contribution in [0.25, 0.3) is 0 Å². The molecule has 0 aliphatic heterocycles. The Morgan fingerprint density at radius 2 is 0.656 bits per heavy atom. The lowest BCUT2D eigenvalue weighted by atomic mass is 10.0. The van der Waals surface area contributed by atoms with Gasteiger partial charge < -0.3 is 14.2 Å².